The summed E-state index contributed by atoms with van der Waals surface area (Å²) in [7, 11) is 0. The van der Waals surface area contributed by atoms with Gasteiger partial charge in [-0.1, -0.05) is 6.07 Å². The number of alkyl halides is 1. The van der Waals surface area contributed by atoms with Gasteiger partial charge in [-0.15, -0.1) is 11.6 Å². The Labute approximate surface area is 122 Å². The molecule has 5 heteroatoms. The number of imidazole rings is 1. The van der Waals surface area contributed by atoms with Gasteiger partial charge in [-0.05, 0) is 31.2 Å². The van der Waals surface area contributed by atoms with Gasteiger partial charge in [0.1, 0.15) is 18.0 Å². The molecule has 3 aromatic heterocycles. The Morgan fingerprint density at radius 1 is 1.20 bits per heavy atom. The van der Waals surface area contributed by atoms with Crippen LogP contribution in [-0.2, 0) is 12.5 Å². The lowest BCUT2D eigenvalue weighted by Crippen LogP contribution is -2.00. The van der Waals surface area contributed by atoms with Crippen LogP contribution < -0.4 is 4.74 Å². The van der Waals surface area contributed by atoms with E-state index in [-0.39, 0.29) is 0 Å². The average molecular weight is 288 g/mol. The van der Waals surface area contributed by atoms with Gasteiger partial charge in [0.2, 0.25) is 0 Å². The smallest absolute Gasteiger partial charge is 0.142 e. The molecule has 0 spiro atoms. The van der Waals surface area contributed by atoms with Crippen molar-refractivity contribution in [1.82, 2.24) is 14.4 Å². The van der Waals surface area contributed by atoms with Crippen LogP contribution in [0.15, 0.2) is 42.7 Å². The standard InChI is InChI=1S/C15H14ClN3O/c1-11-5-6-14(13(8-16)17-11)20-10-12-9-19-7-3-2-4-15(19)18-12/h2-7,9H,8,10H2,1H3. The molecule has 3 aromatic rings. The second-order valence-corrected chi connectivity index (χ2v) is 4.79. The van der Waals surface area contributed by atoms with Crippen LogP contribution in [0.2, 0.25) is 0 Å². The zero-order valence-electron chi connectivity index (χ0n) is 11.1. The van der Waals surface area contributed by atoms with Gasteiger partial charge in [0, 0.05) is 18.1 Å². The van der Waals surface area contributed by atoms with Crippen molar-refractivity contribution in [3.8, 4) is 5.75 Å². The minimum absolute atomic E-state index is 0.335. The van der Waals surface area contributed by atoms with Crippen molar-refractivity contribution in [2.24, 2.45) is 0 Å². The van der Waals surface area contributed by atoms with Gasteiger partial charge in [-0.3, -0.25) is 4.98 Å². The molecule has 0 N–H and O–H groups in total. The second-order valence-electron chi connectivity index (χ2n) is 4.52. The van der Waals surface area contributed by atoms with E-state index in [1.54, 1.807) is 0 Å². The van der Waals surface area contributed by atoms with Crippen LogP contribution in [0.25, 0.3) is 5.65 Å². The van der Waals surface area contributed by atoms with Crippen LogP contribution in [0, 0.1) is 6.92 Å². The fraction of sp³-hybridized carbons (Fsp3) is 0.200. The first-order valence-electron chi connectivity index (χ1n) is 6.34. The third kappa shape index (κ3) is 2.60. The summed E-state index contributed by atoms with van der Waals surface area (Å²) in [5.74, 6) is 1.05. The van der Waals surface area contributed by atoms with Gasteiger partial charge >= 0.3 is 0 Å². The Kier molecular flexibility index (Phi) is 3.56. The quantitative estimate of drug-likeness (QED) is 0.691. The van der Waals surface area contributed by atoms with Gasteiger partial charge in [-0.25, -0.2) is 4.98 Å². The van der Waals surface area contributed by atoms with E-state index in [2.05, 4.69) is 9.97 Å². The SMILES string of the molecule is Cc1ccc(OCc2cn3ccccc3n2)c(CCl)n1. The highest BCUT2D eigenvalue weighted by Crippen LogP contribution is 2.20. The molecule has 0 amide bonds. The highest BCUT2D eigenvalue weighted by Gasteiger charge is 2.07. The highest BCUT2D eigenvalue weighted by atomic mass is 35.5. The van der Waals surface area contributed by atoms with Gasteiger partial charge in [0.15, 0.2) is 0 Å². The summed E-state index contributed by atoms with van der Waals surface area (Å²) in [5, 5.41) is 0. The van der Waals surface area contributed by atoms with E-state index in [1.165, 1.54) is 0 Å². The van der Waals surface area contributed by atoms with E-state index in [0.29, 0.717) is 18.2 Å². The molecule has 0 saturated carbocycles. The minimum atomic E-state index is 0.335. The summed E-state index contributed by atoms with van der Waals surface area (Å²) in [6, 6.07) is 9.70. The van der Waals surface area contributed by atoms with Crippen molar-refractivity contribution in [3.63, 3.8) is 0 Å². The molecular weight excluding hydrogens is 274 g/mol. The highest BCUT2D eigenvalue weighted by molar-refractivity contribution is 6.17. The molecule has 0 aliphatic rings. The fourth-order valence-corrected chi connectivity index (χ4v) is 2.22. The number of hydrogen-bond acceptors (Lipinski definition) is 3. The van der Waals surface area contributed by atoms with Crippen molar-refractivity contribution < 1.29 is 4.74 Å². The molecule has 0 radical (unpaired) electrons. The van der Waals surface area contributed by atoms with Crippen molar-refractivity contribution in [1.29, 1.82) is 0 Å². The summed E-state index contributed by atoms with van der Waals surface area (Å²) in [6.45, 7) is 2.33. The number of halogens is 1. The van der Waals surface area contributed by atoms with Crippen LogP contribution in [0.5, 0.6) is 5.75 Å². The average Bonchev–Trinajstić information content (AvgIpc) is 2.88. The van der Waals surface area contributed by atoms with Crippen molar-refractivity contribution in [2.75, 3.05) is 0 Å². The molecule has 3 rings (SSSR count). The van der Waals surface area contributed by atoms with E-state index in [1.807, 2.05) is 54.0 Å². The zero-order chi connectivity index (χ0) is 13.9. The van der Waals surface area contributed by atoms with Crippen LogP contribution >= 0.6 is 11.6 Å². The summed E-state index contributed by atoms with van der Waals surface area (Å²) >= 11 is 5.89. The molecule has 102 valence electrons. The Hall–Kier alpha value is -2.07. The van der Waals surface area contributed by atoms with Gasteiger partial charge < -0.3 is 9.14 Å². The molecule has 0 unspecified atom stereocenters. The summed E-state index contributed by atoms with van der Waals surface area (Å²) in [6.07, 6.45) is 3.92. The maximum atomic E-state index is 5.89. The molecule has 0 fully saturated rings. The lowest BCUT2D eigenvalue weighted by molar-refractivity contribution is 0.298. The summed E-state index contributed by atoms with van der Waals surface area (Å²) < 4.78 is 7.74. The van der Waals surface area contributed by atoms with Crippen molar-refractivity contribution >= 4 is 17.2 Å². The summed E-state index contributed by atoms with van der Waals surface area (Å²) in [4.78, 5) is 8.85. The van der Waals surface area contributed by atoms with Gasteiger partial charge in [-0.2, -0.15) is 0 Å². The van der Waals surface area contributed by atoms with Crippen molar-refractivity contribution in [3.05, 3.63) is 59.8 Å². The molecule has 20 heavy (non-hydrogen) atoms. The normalized spacial score (nSPS) is 10.9. The molecule has 0 aliphatic heterocycles. The molecule has 3 heterocycles. The third-order valence-corrected chi connectivity index (χ3v) is 3.24. The van der Waals surface area contributed by atoms with Gasteiger partial charge in [0.25, 0.3) is 0 Å². The first kappa shape index (κ1) is 12.9. The Bertz CT molecular complexity index is 706. The lowest BCUT2D eigenvalue weighted by atomic mass is 10.3. The van der Waals surface area contributed by atoms with Crippen LogP contribution in [-0.4, -0.2) is 14.4 Å². The number of rotatable bonds is 4. The van der Waals surface area contributed by atoms with Gasteiger partial charge in [0.05, 0.1) is 17.3 Å². The number of fused-ring (bicyclic) bond motifs is 1. The topological polar surface area (TPSA) is 39.4 Å². The molecular formula is C15H14ClN3O. The lowest BCUT2D eigenvalue weighted by Gasteiger charge is -2.08. The largest absolute Gasteiger partial charge is 0.485 e. The molecule has 0 bridgehead atoms. The zero-order valence-corrected chi connectivity index (χ0v) is 11.8. The maximum absolute atomic E-state index is 5.89. The van der Waals surface area contributed by atoms with E-state index in [0.717, 1.165) is 22.7 Å². The molecule has 0 saturated heterocycles. The van der Waals surface area contributed by atoms with Crippen LogP contribution in [0.4, 0.5) is 0 Å². The second kappa shape index (κ2) is 5.51. The first-order chi connectivity index (χ1) is 9.76. The van der Waals surface area contributed by atoms with Crippen LogP contribution in [0.1, 0.15) is 17.1 Å². The fourth-order valence-electron chi connectivity index (χ4n) is 2.03. The van der Waals surface area contributed by atoms with E-state index in [4.69, 9.17) is 16.3 Å². The molecule has 0 aliphatic carbocycles. The van der Waals surface area contributed by atoms with E-state index in [9.17, 15) is 0 Å². The van der Waals surface area contributed by atoms with Crippen LogP contribution in [0.3, 0.4) is 0 Å². The first-order valence-corrected chi connectivity index (χ1v) is 6.87. The third-order valence-electron chi connectivity index (χ3n) is 2.99. The molecule has 0 aromatic carbocycles. The van der Waals surface area contributed by atoms with E-state index >= 15 is 0 Å². The number of aromatic nitrogens is 3. The predicted molar refractivity (Wildman–Crippen MR) is 78.1 cm³/mol. The number of aryl methyl sites for hydroxylation is 1. The number of pyridine rings is 2. The molecule has 0 atom stereocenters. The minimum Gasteiger partial charge on any atom is -0.485 e. The molecule has 4 nitrogen and oxygen atoms in total. The monoisotopic (exact) mass is 287 g/mol. The Morgan fingerprint density at radius 2 is 2.10 bits per heavy atom. The maximum Gasteiger partial charge on any atom is 0.142 e. The number of ether oxygens (including phenoxy) is 1. The Morgan fingerprint density at radius 3 is 2.90 bits per heavy atom. The summed E-state index contributed by atoms with van der Waals surface area (Å²) in [5.41, 5.74) is 3.47. The predicted octanol–water partition coefficient (Wildman–Crippen LogP) is 3.36. The van der Waals surface area contributed by atoms with E-state index < -0.39 is 0 Å². The Balaban J connectivity index is 1.79. The number of nitrogens with zero attached hydrogens (tertiary/aromatic N) is 3. The number of hydrogen-bond donors (Lipinski definition) is 0. The van der Waals surface area contributed by atoms with Crippen molar-refractivity contribution in [2.45, 2.75) is 19.4 Å².